The number of hydrogen-bond donors (Lipinski definition) is 1. The Hall–Kier alpha value is -1.42. The Bertz CT molecular complexity index is 363. The topological polar surface area (TPSA) is 45.2 Å². The molecule has 1 aromatic heterocycles. The van der Waals surface area contributed by atoms with Gasteiger partial charge in [-0.25, -0.2) is 0 Å². The van der Waals surface area contributed by atoms with Crippen LogP contribution in [0.2, 0.25) is 0 Å². The zero-order valence-electron chi connectivity index (χ0n) is 11.7. The summed E-state index contributed by atoms with van der Waals surface area (Å²) in [5.41, 5.74) is 1.10. The van der Waals surface area contributed by atoms with Gasteiger partial charge < -0.3 is 10.2 Å². The lowest BCUT2D eigenvalue weighted by Crippen LogP contribution is -2.44. The summed E-state index contributed by atoms with van der Waals surface area (Å²) in [4.78, 5) is 17.8. The molecule has 0 spiro atoms. The number of amides is 1. The molecule has 0 aliphatic rings. The number of pyridine rings is 1. The van der Waals surface area contributed by atoms with Crippen LogP contribution in [0.3, 0.4) is 0 Å². The SMILES string of the molecule is CC(C)CC(NCc1cccnc1)C(=O)N(C)C. The highest BCUT2D eigenvalue weighted by Crippen LogP contribution is 2.08. The van der Waals surface area contributed by atoms with Gasteiger partial charge in [-0.1, -0.05) is 19.9 Å². The number of hydrogen-bond acceptors (Lipinski definition) is 3. The summed E-state index contributed by atoms with van der Waals surface area (Å²) in [5, 5.41) is 3.32. The molecule has 0 aliphatic heterocycles. The van der Waals surface area contributed by atoms with Crippen LogP contribution in [-0.4, -0.2) is 35.9 Å². The molecular weight excluding hydrogens is 226 g/mol. The molecule has 0 radical (unpaired) electrons. The minimum Gasteiger partial charge on any atom is -0.347 e. The van der Waals surface area contributed by atoms with Crippen LogP contribution in [0.4, 0.5) is 0 Å². The number of likely N-dealkylation sites (N-methyl/N-ethyl adjacent to an activating group) is 1. The molecule has 100 valence electrons. The maximum absolute atomic E-state index is 12.0. The van der Waals surface area contributed by atoms with E-state index in [-0.39, 0.29) is 11.9 Å². The van der Waals surface area contributed by atoms with E-state index in [0.717, 1.165) is 12.0 Å². The highest BCUT2D eigenvalue weighted by molar-refractivity contribution is 5.81. The van der Waals surface area contributed by atoms with Crippen molar-refractivity contribution in [1.82, 2.24) is 15.2 Å². The van der Waals surface area contributed by atoms with Crippen LogP contribution in [0, 0.1) is 5.92 Å². The van der Waals surface area contributed by atoms with Crippen LogP contribution < -0.4 is 5.32 Å². The van der Waals surface area contributed by atoms with Crippen LogP contribution in [0.5, 0.6) is 0 Å². The summed E-state index contributed by atoms with van der Waals surface area (Å²) in [5.74, 6) is 0.618. The lowest BCUT2D eigenvalue weighted by molar-refractivity contribution is -0.131. The van der Waals surface area contributed by atoms with Crippen LogP contribution >= 0.6 is 0 Å². The third-order valence-corrected chi connectivity index (χ3v) is 2.72. The third-order valence-electron chi connectivity index (χ3n) is 2.72. The number of rotatable bonds is 6. The number of nitrogens with zero attached hydrogens (tertiary/aromatic N) is 2. The van der Waals surface area contributed by atoms with Gasteiger partial charge in [-0.15, -0.1) is 0 Å². The molecule has 1 atom stereocenters. The van der Waals surface area contributed by atoms with E-state index in [1.807, 2.05) is 18.3 Å². The van der Waals surface area contributed by atoms with E-state index in [2.05, 4.69) is 24.1 Å². The maximum Gasteiger partial charge on any atom is 0.239 e. The van der Waals surface area contributed by atoms with E-state index in [1.54, 1.807) is 25.2 Å². The van der Waals surface area contributed by atoms with Gasteiger partial charge in [0, 0.05) is 33.0 Å². The predicted molar refractivity (Wildman–Crippen MR) is 73.0 cm³/mol. The van der Waals surface area contributed by atoms with E-state index in [0.29, 0.717) is 12.5 Å². The van der Waals surface area contributed by atoms with Crippen molar-refractivity contribution in [3.8, 4) is 0 Å². The molecule has 4 heteroatoms. The second-order valence-electron chi connectivity index (χ2n) is 5.16. The molecule has 1 N–H and O–H groups in total. The first-order valence-electron chi connectivity index (χ1n) is 6.34. The molecule has 18 heavy (non-hydrogen) atoms. The Balaban J connectivity index is 2.59. The quantitative estimate of drug-likeness (QED) is 0.834. The molecule has 1 heterocycles. The van der Waals surface area contributed by atoms with Gasteiger partial charge in [0.25, 0.3) is 0 Å². The lowest BCUT2D eigenvalue weighted by atomic mass is 10.0. The molecule has 1 aromatic rings. The average Bonchev–Trinajstić information content (AvgIpc) is 2.34. The summed E-state index contributed by atoms with van der Waals surface area (Å²) < 4.78 is 0. The summed E-state index contributed by atoms with van der Waals surface area (Å²) >= 11 is 0. The standard InChI is InChI=1S/C14H23N3O/c1-11(2)8-13(14(18)17(3)4)16-10-12-6-5-7-15-9-12/h5-7,9,11,13,16H,8,10H2,1-4H3. The van der Waals surface area contributed by atoms with Gasteiger partial charge in [0.2, 0.25) is 5.91 Å². The Morgan fingerprint density at radius 2 is 2.17 bits per heavy atom. The summed E-state index contributed by atoms with van der Waals surface area (Å²) in [6.45, 7) is 4.92. The molecule has 0 saturated heterocycles. The molecule has 0 fully saturated rings. The summed E-state index contributed by atoms with van der Waals surface area (Å²) in [6.07, 6.45) is 4.41. The van der Waals surface area contributed by atoms with Crippen LogP contribution in [0.25, 0.3) is 0 Å². The van der Waals surface area contributed by atoms with E-state index in [1.165, 1.54) is 0 Å². The fraction of sp³-hybridized carbons (Fsp3) is 0.571. The monoisotopic (exact) mass is 249 g/mol. The number of aromatic nitrogens is 1. The normalized spacial score (nSPS) is 12.5. The largest absolute Gasteiger partial charge is 0.347 e. The van der Waals surface area contributed by atoms with Crippen molar-refractivity contribution in [1.29, 1.82) is 0 Å². The second kappa shape index (κ2) is 7.11. The average molecular weight is 249 g/mol. The number of nitrogens with one attached hydrogen (secondary N) is 1. The smallest absolute Gasteiger partial charge is 0.239 e. The molecule has 0 saturated carbocycles. The van der Waals surface area contributed by atoms with Gasteiger partial charge in [0.1, 0.15) is 0 Å². The fourth-order valence-corrected chi connectivity index (χ4v) is 1.80. The zero-order chi connectivity index (χ0) is 13.5. The highest BCUT2D eigenvalue weighted by atomic mass is 16.2. The molecule has 1 rings (SSSR count). The molecule has 0 aliphatic carbocycles. The van der Waals surface area contributed by atoms with Gasteiger partial charge in [0.05, 0.1) is 6.04 Å². The molecular formula is C14H23N3O. The van der Waals surface area contributed by atoms with E-state index >= 15 is 0 Å². The highest BCUT2D eigenvalue weighted by Gasteiger charge is 2.20. The first kappa shape index (κ1) is 14.6. The Labute approximate surface area is 109 Å². The van der Waals surface area contributed by atoms with E-state index in [9.17, 15) is 4.79 Å². The van der Waals surface area contributed by atoms with Crippen molar-refractivity contribution in [2.45, 2.75) is 32.9 Å². The minimum absolute atomic E-state index is 0.125. The summed E-state index contributed by atoms with van der Waals surface area (Å²) in [6, 6.07) is 3.79. The van der Waals surface area contributed by atoms with Crippen molar-refractivity contribution in [2.24, 2.45) is 5.92 Å². The third kappa shape index (κ3) is 4.84. The van der Waals surface area contributed by atoms with Gasteiger partial charge >= 0.3 is 0 Å². The molecule has 0 aromatic carbocycles. The molecule has 0 bridgehead atoms. The van der Waals surface area contributed by atoms with Crippen molar-refractivity contribution >= 4 is 5.91 Å². The van der Waals surface area contributed by atoms with Gasteiger partial charge in [0.15, 0.2) is 0 Å². The Morgan fingerprint density at radius 1 is 1.44 bits per heavy atom. The van der Waals surface area contributed by atoms with Crippen molar-refractivity contribution in [2.75, 3.05) is 14.1 Å². The predicted octanol–water partition coefficient (Wildman–Crippen LogP) is 1.67. The molecule has 4 nitrogen and oxygen atoms in total. The van der Waals surface area contributed by atoms with Crippen LogP contribution in [0.15, 0.2) is 24.5 Å². The lowest BCUT2D eigenvalue weighted by Gasteiger charge is -2.23. The van der Waals surface area contributed by atoms with Crippen molar-refractivity contribution < 1.29 is 4.79 Å². The molecule has 1 unspecified atom stereocenters. The molecule has 1 amide bonds. The van der Waals surface area contributed by atoms with Crippen molar-refractivity contribution in [3.63, 3.8) is 0 Å². The first-order chi connectivity index (χ1) is 8.50. The maximum atomic E-state index is 12.0. The Kier molecular flexibility index (Phi) is 5.78. The van der Waals surface area contributed by atoms with Crippen molar-refractivity contribution in [3.05, 3.63) is 30.1 Å². The second-order valence-corrected chi connectivity index (χ2v) is 5.16. The zero-order valence-corrected chi connectivity index (χ0v) is 11.7. The van der Waals surface area contributed by atoms with Crippen LogP contribution in [0.1, 0.15) is 25.8 Å². The number of carbonyl (C=O) groups excluding carboxylic acids is 1. The summed E-state index contributed by atoms with van der Waals surface area (Å²) in [7, 11) is 3.59. The van der Waals surface area contributed by atoms with E-state index < -0.39 is 0 Å². The first-order valence-corrected chi connectivity index (χ1v) is 6.34. The number of carbonyl (C=O) groups is 1. The van der Waals surface area contributed by atoms with Gasteiger partial charge in [-0.2, -0.15) is 0 Å². The van der Waals surface area contributed by atoms with Gasteiger partial charge in [-0.05, 0) is 24.0 Å². The van der Waals surface area contributed by atoms with Crippen LogP contribution in [-0.2, 0) is 11.3 Å². The minimum atomic E-state index is -0.125. The fourth-order valence-electron chi connectivity index (χ4n) is 1.80. The Morgan fingerprint density at radius 3 is 2.67 bits per heavy atom. The van der Waals surface area contributed by atoms with E-state index in [4.69, 9.17) is 0 Å². The van der Waals surface area contributed by atoms with Gasteiger partial charge in [-0.3, -0.25) is 9.78 Å².